The van der Waals surface area contributed by atoms with E-state index in [1.54, 1.807) is 0 Å². The Morgan fingerprint density at radius 3 is 2.75 bits per heavy atom. The highest BCUT2D eigenvalue weighted by molar-refractivity contribution is 6.20. The fraction of sp³-hybridized carbons (Fsp3) is 0.500. The van der Waals surface area contributed by atoms with E-state index in [9.17, 15) is 4.79 Å². The van der Waals surface area contributed by atoms with Crippen LogP contribution in [0.3, 0.4) is 0 Å². The van der Waals surface area contributed by atoms with Crippen molar-refractivity contribution in [3.8, 4) is 0 Å². The molecule has 3 nitrogen and oxygen atoms in total. The number of halogens is 1. The molecule has 1 aliphatic rings. The number of nitrogens with zero attached hydrogens (tertiary/aromatic N) is 2. The minimum atomic E-state index is -0.205. The second-order valence-electron chi connectivity index (χ2n) is 5.77. The number of para-hydroxylation sites is 1. The van der Waals surface area contributed by atoms with Crippen LogP contribution in [-0.2, 0) is 0 Å². The van der Waals surface area contributed by atoms with Gasteiger partial charge in [0.1, 0.15) is 5.82 Å². The standard InChI is InChI=1S/C16H19ClN2O/c1-3-13(17)15-18-14-7-5-4-6-12(14)16(20)19(15)11-8-10(2)9-11/h4-7,10-11,13H,3,8-9H2,1-2H3. The SMILES string of the molecule is CCC(Cl)c1nc2ccccc2c(=O)n1C1CC(C)C1. The molecule has 20 heavy (non-hydrogen) atoms. The summed E-state index contributed by atoms with van der Waals surface area (Å²) in [7, 11) is 0. The minimum absolute atomic E-state index is 0.0570. The summed E-state index contributed by atoms with van der Waals surface area (Å²) in [4.78, 5) is 17.4. The summed E-state index contributed by atoms with van der Waals surface area (Å²) < 4.78 is 1.85. The molecular weight excluding hydrogens is 272 g/mol. The summed E-state index contributed by atoms with van der Waals surface area (Å²) in [5.41, 5.74) is 0.803. The Morgan fingerprint density at radius 1 is 1.40 bits per heavy atom. The van der Waals surface area contributed by atoms with E-state index < -0.39 is 0 Å². The number of benzene rings is 1. The summed E-state index contributed by atoms with van der Waals surface area (Å²) in [5.74, 6) is 1.41. The largest absolute Gasteiger partial charge is 0.292 e. The van der Waals surface area contributed by atoms with Gasteiger partial charge in [0.2, 0.25) is 0 Å². The molecule has 0 bridgehead atoms. The van der Waals surface area contributed by atoms with E-state index in [0.717, 1.165) is 30.6 Å². The van der Waals surface area contributed by atoms with Crippen LogP contribution in [0.15, 0.2) is 29.1 Å². The molecule has 3 rings (SSSR count). The van der Waals surface area contributed by atoms with Crippen molar-refractivity contribution in [2.45, 2.75) is 44.5 Å². The van der Waals surface area contributed by atoms with Crippen molar-refractivity contribution in [2.24, 2.45) is 5.92 Å². The third-order valence-electron chi connectivity index (χ3n) is 4.19. The summed E-state index contributed by atoms with van der Waals surface area (Å²) >= 11 is 6.41. The molecule has 1 aromatic carbocycles. The lowest BCUT2D eigenvalue weighted by atomic mass is 9.81. The summed E-state index contributed by atoms with van der Waals surface area (Å²) in [6, 6.07) is 7.79. The van der Waals surface area contributed by atoms with E-state index in [1.165, 1.54) is 0 Å². The fourth-order valence-electron chi connectivity index (χ4n) is 2.99. The molecule has 4 heteroatoms. The highest BCUT2D eigenvalue weighted by Crippen LogP contribution is 2.38. The van der Waals surface area contributed by atoms with Crippen molar-refractivity contribution in [1.29, 1.82) is 0 Å². The second kappa shape index (κ2) is 5.21. The van der Waals surface area contributed by atoms with Gasteiger partial charge < -0.3 is 0 Å². The first kappa shape index (κ1) is 13.6. The molecule has 0 N–H and O–H groups in total. The Kier molecular flexibility index (Phi) is 3.55. The van der Waals surface area contributed by atoms with Gasteiger partial charge in [-0.25, -0.2) is 4.98 Å². The summed E-state index contributed by atoms with van der Waals surface area (Å²) in [5, 5.41) is 0.485. The van der Waals surface area contributed by atoms with Gasteiger partial charge in [0.25, 0.3) is 5.56 Å². The molecule has 0 spiro atoms. The van der Waals surface area contributed by atoms with Crippen molar-refractivity contribution < 1.29 is 0 Å². The Hall–Kier alpha value is -1.35. The maximum absolute atomic E-state index is 12.8. The molecule has 1 atom stereocenters. The van der Waals surface area contributed by atoms with Crippen LogP contribution in [0.1, 0.15) is 50.4 Å². The third-order valence-corrected chi connectivity index (χ3v) is 4.69. The van der Waals surface area contributed by atoms with Crippen LogP contribution in [0.4, 0.5) is 0 Å². The summed E-state index contributed by atoms with van der Waals surface area (Å²) in [6.07, 6.45) is 2.86. The van der Waals surface area contributed by atoms with Crippen molar-refractivity contribution in [3.05, 3.63) is 40.4 Å². The second-order valence-corrected chi connectivity index (χ2v) is 6.30. The molecule has 1 aromatic heterocycles. The molecule has 0 amide bonds. The van der Waals surface area contributed by atoms with E-state index in [4.69, 9.17) is 11.6 Å². The van der Waals surface area contributed by atoms with Crippen molar-refractivity contribution in [1.82, 2.24) is 9.55 Å². The predicted octanol–water partition coefficient (Wildman–Crippen LogP) is 4.06. The highest BCUT2D eigenvalue weighted by atomic mass is 35.5. The predicted molar refractivity (Wildman–Crippen MR) is 82.3 cm³/mol. The lowest BCUT2D eigenvalue weighted by Gasteiger charge is -2.36. The van der Waals surface area contributed by atoms with Gasteiger partial charge in [0.05, 0.1) is 16.3 Å². The summed E-state index contributed by atoms with van der Waals surface area (Å²) in [6.45, 7) is 4.24. The molecule has 1 heterocycles. The Bertz CT molecular complexity index is 688. The first-order valence-corrected chi connectivity index (χ1v) is 7.70. The van der Waals surface area contributed by atoms with Gasteiger partial charge in [0, 0.05) is 6.04 Å². The zero-order valence-electron chi connectivity index (χ0n) is 11.8. The van der Waals surface area contributed by atoms with E-state index in [0.29, 0.717) is 11.3 Å². The Balaban J connectivity index is 2.23. The molecule has 1 saturated carbocycles. The normalized spacial score (nSPS) is 23.6. The van der Waals surface area contributed by atoms with E-state index in [1.807, 2.05) is 35.8 Å². The zero-order chi connectivity index (χ0) is 14.3. The molecule has 0 aliphatic heterocycles. The van der Waals surface area contributed by atoms with Crippen LogP contribution in [0, 0.1) is 5.92 Å². The maximum atomic E-state index is 12.8. The lowest BCUT2D eigenvalue weighted by Crippen LogP contribution is -2.36. The first-order chi connectivity index (χ1) is 9.61. The van der Waals surface area contributed by atoms with Gasteiger partial charge in [-0.15, -0.1) is 11.6 Å². The highest BCUT2D eigenvalue weighted by Gasteiger charge is 2.31. The molecule has 2 aromatic rings. The van der Waals surface area contributed by atoms with E-state index in [2.05, 4.69) is 11.9 Å². The van der Waals surface area contributed by atoms with Gasteiger partial charge in [-0.3, -0.25) is 9.36 Å². The van der Waals surface area contributed by atoms with Crippen molar-refractivity contribution >= 4 is 22.5 Å². The van der Waals surface area contributed by atoms with Crippen LogP contribution in [-0.4, -0.2) is 9.55 Å². The monoisotopic (exact) mass is 290 g/mol. The van der Waals surface area contributed by atoms with E-state index in [-0.39, 0.29) is 17.0 Å². The molecule has 1 aliphatic carbocycles. The fourth-order valence-corrected chi connectivity index (χ4v) is 3.14. The van der Waals surface area contributed by atoms with Crippen LogP contribution >= 0.6 is 11.6 Å². The van der Waals surface area contributed by atoms with Crippen LogP contribution in [0.25, 0.3) is 10.9 Å². The quantitative estimate of drug-likeness (QED) is 0.799. The van der Waals surface area contributed by atoms with Gasteiger partial charge in [-0.05, 0) is 37.3 Å². The van der Waals surface area contributed by atoms with Gasteiger partial charge in [0.15, 0.2) is 0 Å². The van der Waals surface area contributed by atoms with Gasteiger partial charge >= 0.3 is 0 Å². The smallest absolute Gasteiger partial charge is 0.261 e. The molecular formula is C16H19ClN2O. The molecule has 1 unspecified atom stereocenters. The number of rotatable bonds is 3. The average Bonchev–Trinajstić information content (AvgIpc) is 2.43. The molecule has 106 valence electrons. The number of hydrogen-bond donors (Lipinski definition) is 0. The number of hydrogen-bond acceptors (Lipinski definition) is 2. The topological polar surface area (TPSA) is 34.9 Å². The van der Waals surface area contributed by atoms with Gasteiger partial charge in [-0.2, -0.15) is 0 Å². The Labute approximate surface area is 123 Å². The van der Waals surface area contributed by atoms with Crippen molar-refractivity contribution in [2.75, 3.05) is 0 Å². The number of alkyl halides is 1. The lowest BCUT2D eigenvalue weighted by molar-refractivity contribution is 0.205. The molecule has 0 saturated heterocycles. The van der Waals surface area contributed by atoms with Crippen LogP contribution in [0.5, 0.6) is 0 Å². The van der Waals surface area contributed by atoms with Crippen molar-refractivity contribution in [3.63, 3.8) is 0 Å². The molecule has 0 radical (unpaired) electrons. The maximum Gasteiger partial charge on any atom is 0.261 e. The number of aromatic nitrogens is 2. The molecule has 1 fully saturated rings. The zero-order valence-corrected chi connectivity index (χ0v) is 12.6. The van der Waals surface area contributed by atoms with Gasteiger partial charge in [-0.1, -0.05) is 26.0 Å². The number of fused-ring (bicyclic) bond motifs is 1. The van der Waals surface area contributed by atoms with Crippen LogP contribution in [0.2, 0.25) is 0 Å². The van der Waals surface area contributed by atoms with E-state index >= 15 is 0 Å². The minimum Gasteiger partial charge on any atom is -0.292 e. The first-order valence-electron chi connectivity index (χ1n) is 7.27. The average molecular weight is 291 g/mol. The van der Waals surface area contributed by atoms with Crippen LogP contribution < -0.4 is 5.56 Å². The third kappa shape index (κ3) is 2.14. The Morgan fingerprint density at radius 2 is 2.10 bits per heavy atom.